The highest BCUT2D eigenvalue weighted by Gasteiger charge is 2.35. The fraction of sp³-hybridized carbons (Fsp3) is 0.158. The molecule has 2 aromatic rings. The third-order valence-corrected chi connectivity index (χ3v) is 5.57. The van der Waals surface area contributed by atoms with E-state index in [1.807, 2.05) is 43.3 Å². The average molecular weight is 407 g/mol. The van der Waals surface area contributed by atoms with E-state index in [0.29, 0.717) is 20.5 Å². The topological polar surface area (TPSA) is 40.6 Å². The Morgan fingerprint density at radius 2 is 1.65 bits per heavy atom. The first-order valence-electron chi connectivity index (χ1n) is 7.82. The first-order valence-corrected chi connectivity index (χ1v) is 9.39. The predicted octanol–water partition coefficient (Wildman–Crippen LogP) is 5.30. The summed E-state index contributed by atoms with van der Waals surface area (Å²) in [6.45, 7) is 0.0556. The van der Waals surface area contributed by atoms with Crippen LogP contribution >= 0.6 is 35.0 Å². The second-order valence-electron chi connectivity index (χ2n) is 5.95. The van der Waals surface area contributed by atoms with Gasteiger partial charge in [-0.2, -0.15) is 0 Å². The van der Waals surface area contributed by atoms with Crippen LogP contribution in [0.5, 0.6) is 0 Å². The summed E-state index contributed by atoms with van der Waals surface area (Å²) in [5, 5.41) is 0.529. The molecule has 7 heteroatoms. The fourth-order valence-electron chi connectivity index (χ4n) is 2.50. The zero-order valence-electron chi connectivity index (χ0n) is 14.2. The van der Waals surface area contributed by atoms with Gasteiger partial charge in [-0.25, -0.2) is 0 Å². The molecule has 1 aliphatic heterocycles. The number of carbonyl (C=O) groups excluding carboxylic acids is 2. The molecule has 26 heavy (non-hydrogen) atoms. The second kappa shape index (κ2) is 7.74. The molecule has 0 saturated carbocycles. The number of rotatable bonds is 4. The summed E-state index contributed by atoms with van der Waals surface area (Å²) in [5.74, 6) is -0.340. The van der Waals surface area contributed by atoms with Gasteiger partial charge in [0.25, 0.3) is 11.1 Å². The minimum Gasteiger partial charge on any atom is -0.378 e. The molecule has 0 aromatic heterocycles. The van der Waals surface area contributed by atoms with Crippen molar-refractivity contribution >= 4 is 57.9 Å². The van der Waals surface area contributed by atoms with Gasteiger partial charge in [-0.15, -0.1) is 0 Å². The van der Waals surface area contributed by atoms with Gasteiger partial charge in [-0.05, 0) is 47.7 Å². The van der Waals surface area contributed by atoms with E-state index in [1.165, 1.54) is 0 Å². The summed E-state index contributed by atoms with van der Waals surface area (Å²) in [6.07, 6.45) is 1.72. The maximum absolute atomic E-state index is 12.6. The average Bonchev–Trinajstić information content (AvgIpc) is 2.85. The Morgan fingerprint density at radius 3 is 2.23 bits per heavy atom. The minimum absolute atomic E-state index is 0.0556. The number of nitrogens with zero attached hydrogens (tertiary/aromatic N) is 2. The van der Waals surface area contributed by atoms with Gasteiger partial charge in [0.05, 0.1) is 11.4 Å². The zero-order chi connectivity index (χ0) is 18.8. The van der Waals surface area contributed by atoms with Gasteiger partial charge in [-0.1, -0.05) is 41.4 Å². The number of amides is 2. The molecule has 4 nitrogen and oxygen atoms in total. The molecule has 1 heterocycles. The maximum atomic E-state index is 12.6. The maximum Gasteiger partial charge on any atom is 0.293 e. The van der Waals surface area contributed by atoms with E-state index in [2.05, 4.69) is 0 Å². The highest BCUT2D eigenvalue weighted by Crippen LogP contribution is 2.35. The van der Waals surface area contributed by atoms with E-state index in [1.54, 1.807) is 24.3 Å². The van der Waals surface area contributed by atoms with Crippen LogP contribution in [0.4, 0.5) is 10.5 Å². The largest absolute Gasteiger partial charge is 0.378 e. The van der Waals surface area contributed by atoms with Crippen LogP contribution in [0.2, 0.25) is 10.0 Å². The molecule has 134 valence electrons. The molecule has 1 aliphatic rings. The Balaban J connectivity index is 1.82. The van der Waals surface area contributed by atoms with Gasteiger partial charge < -0.3 is 4.90 Å². The van der Waals surface area contributed by atoms with E-state index in [0.717, 1.165) is 27.9 Å². The van der Waals surface area contributed by atoms with Gasteiger partial charge in [0, 0.05) is 35.4 Å². The lowest BCUT2D eigenvalue weighted by atomic mass is 10.1. The smallest absolute Gasteiger partial charge is 0.293 e. The van der Waals surface area contributed by atoms with Crippen LogP contribution in [-0.2, 0) is 11.3 Å². The second-order valence-corrected chi connectivity index (χ2v) is 7.76. The van der Waals surface area contributed by atoms with Crippen molar-refractivity contribution in [2.24, 2.45) is 0 Å². The van der Waals surface area contributed by atoms with Crippen molar-refractivity contribution in [3.05, 3.63) is 68.5 Å². The quantitative estimate of drug-likeness (QED) is 0.646. The third kappa shape index (κ3) is 3.90. The first-order chi connectivity index (χ1) is 12.4. The number of benzene rings is 2. The molecular formula is C19H16Cl2N2O2S. The van der Waals surface area contributed by atoms with Crippen LogP contribution in [0.3, 0.4) is 0 Å². The molecule has 2 aromatic carbocycles. The first kappa shape index (κ1) is 18.8. The molecule has 1 fully saturated rings. The highest BCUT2D eigenvalue weighted by molar-refractivity contribution is 8.18. The SMILES string of the molecule is CN(C)c1ccc(/C=C2\SC(=O)N(Cc3c(Cl)cccc3Cl)C2=O)cc1. The Kier molecular flexibility index (Phi) is 5.61. The molecule has 3 rings (SSSR count). The van der Waals surface area contributed by atoms with Gasteiger partial charge >= 0.3 is 0 Å². The Morgan fingerprint density at radius 1 is 1.04 bits per heavy atom. The van der Waals surface area contributed by atoms with Gasteiger partial charge in [0.15, 0.2) is 0 Å². The van der Waals surface area contributed by atoms with Crippen LogP contribution in [0.1, 0.15) is 11.1 Å². The number of halogens is 2. The lowest BCUT2D eigenvalue weighted by molar-refractivity contribution is -0.123. The Bertz CT molecular complexity index is 875. The minimum atomic E-state index is -0.340. The van der Waals surface area contributed by atoms with Crippen LogP contribution in [0.25, 0.3) is 6.08 Å². The number of anilines is 1. The predicted molar refractivity (Wildman–Crippen MR) is 109 cm³/mol. The lowest BCUT2D eigenvalue weighted by Gasteiger charge is -2.14. The van der Waals surface area contributed by atoms with Crippen LogP contribution < -0.4 is 4.90 Å². The summed E-state index contributed by atoms with van der Waals surface area (Å²) in [5.41, 5.74) is 2.48. The molecule has 0 atom stereocenters. The van der Waals surface area contributed by atoms with E-state index in [4.69, 9.17) is 23.2 Å². The van der Waals surface area contributed by atoms with Gasteiger partial charge in [0.2, 0.25) is 0 Å². The normalized spacial score (nSPS) is 15.8. The van der Waals surface area contributed by atoms with Crippen LogP contribution in [0, 0.1) is 0 Å². The molecule has 2 amide bonds. The highest BCUT2D eigenvalue weighted by atomic mass is 35.5. The molecular weight excluding hydrogens is 391 g/mol. The molecule has 0 bridgehead atoms. The molecule has 0 spiro atoms. The molecule has 1 saturated heterocycles. The third-order valence-electron chi connectivity index (χ3n) is 3.96. The summed E-state index contributed by atoms with van der Waals surface area (Å²) in [7, 11) is 3.92. The summed E-state index contributed by atoms with van der Waals surface area (Å²) in [6, 6.07) is 12.8. The van der Waals surface area contributed by atoms with Crippen molar-refractivity contribution in [3.63, 3.8) is 0 Å². The number of imide groups is 1. The zero-order valence-corrected chi connectivity index (χ0v) is 16.5. The summed E-state index contributed by atoms with van der Waals surface area (Å²) < 4.78 is 0. The number of thioether (sulfide) groups is 1. The standard InChI is InChI=1S/C19H16Cl2N2O2S/c1-22(2)13-8-6-12(7-9-13)10-17-18(24)23(19(25)26-17)11-14-15(20)4-3-5-16(14)21/h3-10H,11H2,1-2H3/b17-10-. The number of hydrogen-bond donors (Lipinski definition) is 0. The van der Waals surface area contributed by atoms with E-state index < -0.39 is 0 Å². The van der Waals surface area contributed by atoms with Crippen molar-refractivity contribution in [3.8, 4) is 0 Å². The van der Waals surface area contributed by atoms with Crippen molar-refractivity contribution in [2.75, 3.05) is 19.0 Å². The number of carbonyl (C=O) groups is 2. The van der Waals surface area contributed by atoms with E-state index in [9.17, 15) is 9.59 Å². The van der Waals surface area contributed by atoms with E-state index >= 15 is 0 Å². The molecule has 0 aliphatic carbocycles. The monoisotopic (exact) mass is 406 g/mol. The Labute approximate surface area is 166 Å². The summed E-state index contributed by atoms with van der Waals surface area (Å²) in [4.78, 5) is 28.5. The molecule has 0 N–H and O–H groups in total. The van der Waals surface area contributed by atoms with E-state index in [-0.39, 0.29) is 17.7 Å². The summed E-state index contributed by atoms with van der Waals surface area (Å²) >= 11 is 13.2. The van der Waals surface area contributed by atoms with Crippen LogP contribution in [-0.4, -0.2) is 30.1 Å². The van der Waals surface area contributed by atoms with Crippen LogP contribution in [0.15, 0.2) is 47.4 Å². The van der Waals surface area contributed by atoms with Crippen molar-refractivity contribution in [1.29, 1.82) is 0 Å². The fourth-order valence-corrected chi connectivity index (χ4v) is 3.85. The molecule has 0 unspecified atom stereocenters. The van der Waals surface area contributed by atoms with Crippen molar-refractivity contribution in [2.45, 2.75) is 6.54 Å². The van der Waals surface area contributed by atoms with Crippen molar-refractivity contribution in [1.82, 2.24) is 4.90 Å². The lowest BCUT2D eigenvalue weighted by Crippen LogP contribution is -2.27. The Hall–Kier alpha value is -1.95. The molecule has 0 radical (unpaired) electrons. The van der Waals surface area contributed by atoms with Gasteiger partial charge in [0.1, 0.15) is 0 Å². The van der Waals surface area contributed by atoms with Crippen molar-refractivity contribution < 1.29 is 9.59 Å². The number of hydrogen-bond acceptors (Lipinski definition) is 4. The van der Waals surface area contributed by atoms with Gasteiger partial charge in [-0.3, -0.25) is 14.5 Å².